The van der Waals surface area contributed by atoms with Crippen LogP contribution in [-0.4, -0.2) is 16.0 Å². The third-order valence-corrected chi connectivity index (χ3v) is 4.15. The summed E-state index contributed by atoms with van der Waals surface area (Å²) in [7, 11) is 0. The van der Waals surface area contributed by atoms with Gasteiger partial charge in [-0.1, -0.05) is 18.7 Å². The highest BCUT2D eigenvalue weighted by molar-refractivity contribution is 7.99. The molecule has 0 saturated heterocycles. The molecule has 0 saturated carbocycles. The first-order chi connectivity index (χ1) is 9.10. The van der Waals surface area contributed by atoms with Crippen molar-refractivity contribution in [2.24, 2.45) is 5.73 Å². The van der Waals surface area contributed by atoms with E-state index >= 15 is 0 Å². The number of nitrogens with two attached hydrogens (primary N) is 1. The van der Waals surface area contributed by atoms with E-state index in [1.165, 1.54) is 0 Å². The first-order valence-electron chi connectivity index (χ1n) is 6.38. The van der Waals surface area contributed by atoms with Crippen LogP contribution in [0.2, 0.25) is 0 Å². The van der Waals surface area contributed by atoms with Crippen LogP contribution in [0, 0.1) is 13.8 Å². The molecule has 0 fully saturated rings. The van der Waals surface area contributed by atoms with Gasteiger partial charge in [-0.2, -0.15) is 0 Å². The highest BCUT2D eigenvalue weighted by Crippen LogP contribution is 2.37. The first kappa shape index (κ1) is 14.1. The molecule has 0 aliphatic heterocycles. The molecule has 0 aromatic carbocycles. The van der Waals surface area contributed by atoms with Crippen molar-refractivity contribution in [2.75, 3.05) is 0 Å². The van der Waals surface area contributed by atoms with Crippen LogP contribution in [0.1, 0.15) is 35.8 Å². The zero-order valence-electron chi connectivity index (χ0n) is 11.5. The van der Waals surface area contributed by atoms with E-state index in [0.717, 1.165) is 28.8 Å². The van der Waals surface area contributed by atoms with Gasteiger partial charge in [-0.05, 0) is 38.5 Å². The molecule has 0 aliphatic carbocycles. The van der Waals surface area contributed by atoms with Gasteiger partial charge < -0.3 is 10.2 Å². The predicted octanol–water partition coefficient (Wildman–Crippen LogP) is 3.26. The number of rotatable bonds is 5. The summed E-state index contributed by atoms with van der Waals surface area (Å²) in [6.45, 7) is 5.97. The molecule has 2 aromatic rings. The summed E-state index contributed by atoms with van der Waals surface area (Å²) in [5.41, 5.74) is 7.16. The summed E-state index contributed by atoms with van der Waals surface area (Å²) in [5, 5.41) is 0.781. The van der Waals surface area contributed by atoms with E-state index in [-0.39, 0.29) is 11.3 Å². The monoisotopic (exact) mass is 277 g/mol. The summed E-state index contributed by atoms with van der Waals surface area (Å²) >= 11 is 1.56. The van der Waals surface area contributed by atoms with Gasteiger partial charge in [0, 0.05) is 17.9 Å². The van der Waals surface area contributed by atoms with Crippen LogP contribution in [-0.2, 0) is 0 Å². The Labute approximate surface area is 117 Å². The van der Waals surface area contributed by atoms with Crippen molar-refractivity contribution in [3.05, 3.63) is 41.6 Å². The number of hydrogen-bond acceptors (Lipinski definition) is 5. The number of hydrogen-bond donors (Lipinski definition) is 1. The third-order valence-electron chi connectivity index (χ3n) is 2.91. The summed E-state index contributed by atoms with van der Waals surface area (Å²) in [4.78, 5) is 8.70. The van der Waals surface area contributed by atoms with Gasteiger partial charge in [-0.25, -0.2) is 9.97 Å². The Bertz CT molecular complexity index is 541. The average molecular weight is 277 g/mol. The second-order valence-electron chi connectivity index (χ2n) is 4.54. The molecule has 0 spiro atoms. The Morgan fingerprint density at radius 3 is 2.68 bits per heavy atom. The van der Waals surface area contributed by atoms with Crippen LogP contribution in [0.15, 0.2) is 34.0 Å². The fourth-order valence-electron chi connectivity index (χ4n) is 1.77. The molecule has 2 unspecified atom stereocenters. The van der Waals surface area contributed by atoms with Crippen molar-refractivity contribution in [2.45, 2.75) is 43.6 Å². The maximum atomic E-state index is 6.21. The molecule has 0 bridgehead atoms. The van der Waals surface area contributed by atoms with E-state index in [9.17, 15) is 0 Å². The van der Waals surface area contributed by atoms with Crippen molar-refractivity contribution < 1.29 is 4.42 Å². The van der Waals surface area contributed by atoms with E-state index in [0.29, 0.717) is 0 Å². The molecule has 2 heterocycles. The van der Waals surface area contributed by atoms with E-state index < -0.39 is 0 Å². The number of furan rings is 1. The molecule has 4 nitrogen and oxygen atoms in total. The molecular formula is C14H19N3OS. The number of nitrogens with zero attached hydrogens (tertiary/aromatic N) is 2. The summed E-state index contributed by atoms with van der Waals surface area (Å²) < 4.78 is 5.71. The van der Waals surface area contributed by atoms with Crippen molar-refractivity contribution in [1.29, 1.82) is 0 Å². The van der Waals surface area contributed by atoms with Gasteiger partial charge in [0.15, 0.2) is 5.16 Å². The lowest BCUT2D eigenvalue weighted by atomic mass is 10.1. The Morgan fingerprint density at radius 1 is 1.32 bits per heavy atom. The second kappa shape index (κ2) is 6.21. The normalized spacial score (nSPS) is 14.3. The average Bonchev–Trinajstić information content (AvgIpc) is 2.81. The van der Waals surface area contributed by atoms with Crippen LogP contribution in [0.25, 0.3) is 0 Å². The van der Waals surface area contributed by atoms with Crippen LogP contribution in [0.3, 0.4) is 0 Å². The quantitative estimate of drug-likeness (QED) is 0.671. The van der Waals surface area contributed by atoms with Gasteiger partial charge >= 0.3 is 0 Å². The lowest BCUT2D eigenvalue weighted by Gasteiger charge is -2.19. The minimum Gasteiger partial charge on any atom is -0.465 e. The molecular weight excluding hydrogens is 258 g/mol. The van der Waals surface area contributed by atoms with Gasteiger partial charge in [0.2, 0.25) is 0 Å². The van der Waals surface area contributed by atoms with Crippen molar-refractivity contribution in [1.82, 2.24) is 9.97 Å². The standard InChI is InChI=1S/C14H19N3OS/c1-4-11(15)13(12-6-5-10(3)18-12)19-14-16-8-7-9(2)17-14/h5-8,11,13H,4,15H2,1-3H3. The summed E-state index contributed by atoms with van der Waals surface area (Å²) in [6.07, 6.45) is 2.65. The molecule has 0 radical (unpaired) electrons. The maximum Gasteiger partial charge on any atom is 0.188 e. The van der Waals surface area contributed by atoms with Crippen molar-refractivity contribution >= 4 is 11.8 Å². The lowest BCUT2D eigenvalue weighted by molar-refractivity contribution is 0.454. The third kappa shape index (κ3) is 3.58. The SMILES string of the molecule is CCC(N)C(Sc1nccc(C)n1)c1ccc(C)o1. The lowest BCUT2D eigenvalue weighted by Crippen LogP contribution is -2.25. The van der Waals surface area contributed by atoms with Crippen LogP contribution >= 0.6 is 11.8 Å². The van der Waals surface area contributed by atoms with Gasteiger partial charge in [-0.3, -0.25) is 0 Å². The molecule has 0 amide bonds. The smallest absolute Gasteiger partial charge is 0.188 e. The van der Waals surface area contributed by atoms with Gasteiger partial charge in [-0.15, -0.1) is 0 Å². The van der Waals surface area contributed by atoms with Gasteiger partial charge in [0.25, 0.3) is 0 Å². The van der Waals surface area contributed by atoms with E-state index in [4.69, 9.17) is 10.2 Å². The highest BCUT2D eigenvalue weighted by atomic mass is 32.2. The minimum atomic E-state index is 0.0136. The Balaban J connectivity index is 2.24. The molecule has 2 aromatic heterocycles. The van der Waals surface area contributed by atoms with Gasteiger partial charge in [0.1, 0.15) is 11.5 Å². The second-order valence-corrected chi connectivity index (χ2v) is 5.65. The minimum absolute atomic E-state index is 0.0136. The van der Waals surface area contributed by atoms with E-state index in [2.05, 4.69) is 16.9 Å². The Morgan fingerprint density at radius 2 is 2.11 bits per heavy atom. The summed E-state index contributed by atoms with van der Waals surface area (Å²) in [5.74, 6) is 1.79. The molecule has 19 heavy (non-hydrogen) atoms. The fraction of sp³-hybridized carbons (Fsp3) is 0.429. The summed E-state index contributed by atoms with van der Waals surface area (Å²) in [6, 6.07) is 5.84. The van der Waals surface area contributed by atoms with Crippen LogP contribution in [0.4, 0.5) is 0 Å². The zero-order chi connectivity index (χ0) is 13.8. The molecule has 5 heteroatoms. The molecule has 2 atom stereocenters. The topological polar surface area (TPSA) is 64.9 Å². The fourth-order valence-corrected chi connectivity index (χ4v) is 2.93. The van der Waals surface area contributed by atoms with Gasteiger partial charge in [0.05, 0.1) is 5.25 Å². The van der Waals surface area contributed by atoms with E-state index in [1.807, 2.05) is 32.0 Å². The maximum absolute atomic E-state index is 6.21. The molecule has 2 rings (SSSR count). The van der Waals surface area contributed by atoms with Crippen molar-refractivity contribution in [3.63, 3.8) is 0 Å². The Hall–Kier alpha value is -1.33. The number of aryl methyl sites for hydroxylation is 2. The Kier molecular flexibility index (Phi) is 4.61. The molecule has 2 N–H and O–H groups in total. The highest BCUT2D eigenvalue weighted by Gasteiger charge is 2.24. The largest absolute Gasteiger partial charge is 0.465 e. The molecule has 102 valence electrons. The van der Waals surface area contributed by atoms with Crippen molar-refractivity contribution in [3.8, 4) is 0 Å². The van der Waals surface area contributed by atoms with Crippen LogP contribution in [0.5, 0.6) is 0 Å². The van der Waals surface area contributed by atoms with E-state index in [1.54, 1.807) is 18.0 Å². The zero-order valence-corrected chi connectivity index (χ0v) is 12.3. The molecule has 0 aliphatic rings. The number of thioether (sulfide) groups is 1. The number of aromatic nitrogens is 2. The predicted molar refractivity (Wildman–Crippen MR) is 77.1 cm³/mol. The van der Waals surface area contributed by atoms with Crippen LogP contribution < -0.4 is 5.73 Å². The first-order valence-corrected chi connectivity index (χ1v) is 7.26.